The average Bonchev–Trinajstić information content (AvgIpc) is 3.01. The van der Waals surface area contributed by atoms with Crippen LogP contribution in [-0.4, -0.2) is 16.3 Å². The maximum Gasteiger partial charge on any atom is 0.0556 e. The molecule has 16 heavy (non-hydrogen) atoms. The Hall–Kier alpha value is -0.830. The first-order chi connectivity index (χ1) is 7.95. The van der Waals surface area contributed by atoms with E-state index in [0.717, 1.165) is 0 Å². The van der Waals surface area contributed by atoms with Gasteiger partial charge in [0.1, 0.15) is 0 Å². The zero-order valence-corrected chi connectivity index (χ0v) is 9.86. The number of nitrogens with one attached hydrogen (secondary N) is 1. The molecule has 0 bridgehead atoms. The summed E-state index contributed by atoms with van der Waals surface area (Å²) in [5, 5.41) is 8.17. The number of rotatable bonds is 2. The molecule has 1 unspecified atom stereocenters. The molecule has 88 valence electrons. The summed E-state index contributed by atoms with van der Waals surface area (Å²) in [6, 6.07) is 3.44. The summed E-state index contributed by atoms with van der Waals surface area (Å²) in [6.45, 7) is 1.17. The average molecular weight is 219 g/mol. The highest BCUT2D eigenvalue weighted by Gasteiger charge is 2.24. The Bertz CT molecular complexity index is 333. The number of hydrogen-bond donors (Lipinski definition) is 1. The van der Waals surface area contributed by atoms with Crippen molar-refractivity contribution in [2.24, 2.45) is 0 Å². The van der Waals surface area contributed by atoms with E-state index >= 15 is 0 Å². The van der Waals surface area contributed by atoms with E-state index in [2.05, 4.69) is 21.2 Å². The molecule has 1 aromatic heterocycles. The highest BCUT2D eigenvalue weighted by Crippen LogP contribution is 2.32. The van der Waals surface area contributed by atoms with Crippen molar-refractivity contribution in [2.45, 2.75) is 57.0 Å². The third-order valence-corrected chi connectivity index (χ3v) is 4.04. The lowest BCUT2D eigenvalue weighted by Crippen LogP contribution is -2.29. The molecule has 3 rings (SSSR count). The Morgan fingerprint density at radius 1 is 1.12 bits per heavy atom. The van der Waals surface area contributed by atoms with Gasteiger partial charge in [0.2, 0.25) is 0 Å². The molecule has 0 spiro atoms. The summed E-state index contributed by atoms with van der Waals surface area (Å²) >= 11 is 0. The van der Waals surface area contributed by atoms with E-state index < -0.39 is 0 Å². The van der Waals surface area contributed by atoms with Crippen molar-refractivity contribution in [3.63, 3.8) is 0 Å². The molecule has 1 atom stereocenters. The molecule has 1 N–H and O–H groups in total. The monoisotopic (exact) mass is 219 g/mol. The third-order valence-electron chi connectivity index (χ3n) is 4.04. The molecule has 3 heteroatoms. The Morgan fingerprint density at radius 2 is 1.94 bits per heavy atom. The maximum atomic E-state index is 4.55. The minimum atomic E-state index is 0.553. The minimum absolute atomic E-state index is 0.553. The van der Waals surface area contributed by atoms with E-state index in [-0.39, 0.29) is 0 Å². The van der Waals surface area contributed by atoms with Crippen molar-refractivity contribution < 1.29 is 0 Å². The van der Waals surface area contributed by atoms with Crippen LogP contribution in [0.1, 0.15) is 62.7 Å². The summed E-state index contributed by atoms with van der Waals surface area (Å²) in [6.07, 6.45) is 11.3. The first-order valence-corrected chi connectivity index (χ1v) is 6.72. The van der Waals surface area contributed by atoms with Gasteiger partial charge in [-0.25, -0.2) is 0 Å². The van der Waals surface area contributed by atoms with Crippen LogP contribution in [0.3, 0.4) is 0 Å². The van der Waals surface area contributed by atoms with Crippen molar-refractivity contribution in [1.29, 1.82) is 0 Å². The first kappa shape index (κ1) is 10.3. The quantitative estimate of drug-likeness (QED) is 0.829. The van der Waals surface area contributed by atoms with Gasteiger partial charge in [0.25, 0.3) is 0 Å². The van der Waals surface area contributed by atoms with Crippen LogP contribution < -0.4 is 5.32 Å². The van der Waals surface area contributed by atoms with Gasteiger partial charge in [-0.3, -0.25) is 4.68 Å². The molecule has 3 nitrogen and oxygen atoms in total. The van der Waals surface area contributed by atoms with Gasteiger partial charge in [-0.1, -0.05) is 19.3 Å². The van der Waals surface area contributed by atoms with Crippen molar-refractivity contribution in [3.05, 3.63) is 18.0 Å². The molecular formula is C13H21N3. The fourth-order valence-electron chi connectivity index (χ4n) is 3.16. The zero-order valence-electron chi connectivity index (χ0n) is 9.86. The summed E-state index contributed by atoms with van der Waals surface area (Å²) in [7, 11) is 0. The SMILES string of the molecule is c1cc(C2CCCCN2)n(C2CCCC2)n1. The molecule has 2 fully saturated rings. The zero-order chi connectivity index (χ0) is 10.8. The van der Waals surface area contributed by atoms with E-state index in [1.165, 1.54) is 57.2 Å². The van der Waals surface area contributed by atoms with Crippen LogP contribution in [0.25, 0.3) is 0 Å². The highest BCUT2D eigenvalue weighted by atomic mass is 15.3. The lowest BCUT2D eigenvalue weighted by molar-refractivity contribution is 0.363. The topological polar surface area (TPSA) is 29.9 Å². The smallest absolute Gasteiger partial charge is 0.0556 e. The second kappa shape index (κ2) is 4.58. The van der Waals surface area contributed by atoms with Crippen LogP contribution in [0.5, 0.6) is 0 Å². The molecule has 1 aliphatic carbocycles. The molecule has 0 amide bonds. The van der Waals surface area contributed by atoms with Gasteiger partial charge in [-0.2, -0.15) is 5.10 Å². The van der Waals surface area contributed by atoms with Crippen molar-refractivity contribution in [3.8, 4) is 0 Å². The Kier molecular flexibility index (Phi) is 2.96. The van der Waals surface area contributed by atoms with E-state index in [9.17, 15) is 0 Å². The lowest BCUT2D eigenvalue weighted by Gasteiger charge is -2.26. The molecular weight excluding hydrogens is 198 g/mol. The van der Waals surface area contributed by atoms with Crippen LogP contribution in [0.15, 0.2) is 12.3 Å². The van der Waals surface area contributed by atoms with E-state index in [0.29, 0.717) is 12.1 Å². The molecule has 1 saturated carbocycles. The first-order valence-electron chi connectivity index (χ1n) is 6.72. The van der Waals surface area contributed by atoms with Crippen LogP contribution >= 0.6 is 0 Å². The molecule has 2 aliphatic rings. The summed E-state index contributed by atoms with van der Waals surface area (Å²) < 4.78 is 2.30. The number of piperidine rings is 1. The predicted octanol–water partition coefficient (Wildman–Crippen LogP) is 2.81. The lowest BCUT2D eigenvalue weighted by atomic mass is 10.0. The summed E-state index contributed by atoms with van der Waals surface area (Å²) in [4.78, 5) is 0. The maximum absolute atomic E-state index is 4.55. The third kappa shape index (κ3) is 1.88. The second-order valence-electron chi connectivity index (χ2n) is 5.14. The van der Waals surface area contributed by atoms with Crippen LogP contribution in [0.2, 0.25) is 0 Å². The number of hydrogen-bond acceptors (Lipinski definition) is 2. The second-order valence-corrected chi connectivity index (χ2v) is 5.14. The highest BCUT2D eigenvalue weighted by molar-refractivity contribution is 5.09. The molecule has 0 aromatic carbocycles. The number of aromatic nitrogens is 2. The van der Waals surface area contributed by atoms with Gasteiger partial charge < -0.3 is 5.32 Å². The Labute approximate surface area is 97.2 Å². The van der Waals surface area contributed by atoms with Crippen molar-refractivity contribution in [1.82, 2.24) is 15.1 Å². The Morgan fingerprint density at radius 3 is 2.69 bits per heavy atom. The fourth-order valence-corrected chi connectivity index (χ4v) is 3.16. The van der Waals surface area contributed by atoms with E-state index in [1.807, 2.05) is 6.20 Å². The standard InChI is InChI=1S/C13H21N3/c1-2-6-11(5-1)16-13(8-10-15-16)12-7-3-4-9-14-12/h8,10-12,14H,1-7,9H2. The molecule has 1 aromatic rings. The predicted molar refractivity (Wildman–Crippen MR) is 64.3 cm³/mol. The van der Waals surface area contributed by atoms with Crippen LogP contribution in [0.4, 0.5) is 0 Å². The van der Waals surface area contributed by atoms with Crippen LogP contribution in [-0.2, 0) is 0 Å². The molecule has 0 radical (unpaired) electrons. The molecule has 1 saturated heterocycles. The normalized spacial score (nSPS) is 27.4. The summed E-state index contributed by atoms with van der Waals surface area (Å²) in [5.74, 6) is 0. The molecule has 2 heterocycles. The largest absolute Gasteiger partial charge is 0.309 e. The van der Waals surface area contributed by atoms with Crippen molar-refractivity contribution in [2.75, 3.05) is 6.54 Å². The fraction of sp³-hybridized carbons (Fsp3) is 0.769. The van der Waals surface area contributed by atoms with Gasteiger partial charge >= 0.3 is 0 Å². The number of nitrogens with zero attached hydrogens (tertiary/aromatic N) is 2. The van der Waals surface area contributed by atoms with Crippen molar-refractivity contribution >= 4 is 0 Å². The molecule has 1 aliphatic heterocycles. The van der Waals surface area contributed by atoms with E-state index in [1.54, 1.807) is 0 Å². The van der Waals surface area contributed by atoms with Crippen LogP contribution in [0, 0.1) is 0 Å². The van der Waals surface area contributed by atoms with Gasteiger partial charge in [-0.15, -0.1) is 0 Å². The van der Waals surface area contributed by atoms with Gasteiger partial charge in [-0.05, 0) is 38.3 Å². The van der Waals surface area contributed by atoms with E-state index in [4.69, 9.17) is 0 Å². The summed E-state index contributed by atoms with van der Waals surface area (Å²) in [5.41, 5.74) is 1.42. The minimum Gasteiger partial charge on any atom is -0.309 e. The van der Waals surface area contributed by atoms with Gasteiger partial charge in [0.15, 0.2) is 0 Å². The van der Waals surface area contributed by atoms with Gasteiger partial charge in [0.05, 0.1) is 11.7 Å². The van der Waals surface area contributed by atoms with Gasteiger partial charge in [0, 0.05) is 12.2 Å². The Balaban J connectivity index is 1.80.